The second kappa shape index (κ2) is 24.6. The van der Waals surface area contributed by atoms with Crippen LogP contribution in [0, 0.1) is 23.7 Å². The number of fused-ring (bicyclic) bond motifs is 5. The highest BCUT2D eigenvalue weighted by atomic mass is 16.7. The van der Waals surface area contributed by atoms with Crippen LogP contribution in [0.4, 0.5) is 0 Å². The Morgan fingerprint density at radius 2 is 1.24 bits per heavy atom. The van der Waals surface area contributed by atoms with Crippen molar-refractivity contribution < 1.29 is 44.8 Å². The molecule has 7 unspecified atom stereocenters. The van der Waals surface area contributed by atoms with Gasteiger partial charge in [0.25, 0.3) is 0 Å². The molecule has 2 saturated carbocycles. The van der Waals surface area contributed by atoms with Gasteiger partial charge in [0.05, 0.1) is 37.6 Å². The molecule has 3 saturated heterocycles. The van der Waals surface area contributed by atoms with E-state index in [2.05, 4.69) is 17.8 Å². The Labute approximate surface area is 333 Å². The first kappa shape index (κ1) is 45.6. The minimum atomic E-state index is -1.54. The van der Waals surface area contributed by atoms with Gasteiger partial charge in [-0.15, -0.1) is 0 Å². The second-order valence-corrected chi connectivity index (χ2v) is 18.4. The summed E-state index contributed by atoms with van der Waals surface area (Å²) >= 11 is 0. The first-order valence-corrected chi connectivity index (χ1v) is 23.3. The number of aliphatic hydroxyl groups excluding tert-OH is 6. The summed E-state index contributed by atoms with van der Waals surface area (Å²) in [5, 5.41) is 63.3. The van der Waals surface area contributed by atoms with Crippen LogP contribution in [-0.2, 0) is 14.2 Å². The summed E-state index contributed by atoms with van der Waals surface area (Å²) in [4.78, 5) is 0. The van der Waals surface area contributed by atoms with E-state index in [9.17, 15) is 30.6 Å². The smallest absolute Gasteiger partial charge is 0.186 e. The summed E-state index contributed by atoms with van der Waals surface area (Å²) in [7, 11) is 0. The number of hydrogen-bond donors (Lipinski definition) is 8. The van der Waals surface area contributed by atoms with Crippen molar-refractivity contribution >= 4 is 0 Å². The van der Waals surface area contributed by atoms with Crippen LogP contribution < -0.4 is 10.9 Å². The highest BCUT2D eigenvalue weighted by Crippen LogP contribution is 2.59. The normalized spacial score (nSPS) is 35.6. The van der Waals surface area contributed by atoms with Crippen LogP contribution in [0.5, 0.6) is 0 Å². The van der Waals surface area contributed by atoms with E-state index in [1.54, 1.807) is 0 Å². The zero-order chi connectivity index (χ0) is 39.0. The van der Waals surface area contributed by atoms with E-state index in [-0.39, 0.29) is 18.7 Å². The quantitative estimate of drug-likeness (QED) is 0.0316. The maximum absolute atomic E-state index is 11.5. The monoisotopic (exact) mass is 783 g/mol. The molecule has 3 heterocycles. The van der Waals surface area contributed by atoms with Crippen molar-refractivity contribution in [3.8, 4) is 0 Å². The average molecular weight is 783 g/mol. The number of rotatable bonds is 31. The molecule has 11 heteroatoms. The first-order chi connectivity index (χ1) is 26.8. The van der Waals surface area contributed by atoms with Gasteiger partial charge >= 0.3 is 0 Å². The molecule has 8 N–H and O–H groups in total. The van der Waals surface area contributed by atoms with E-state index in [4.69, 9.17) is 14.2 Å². The molecule has 11 nitrogen and oxygen atoms in total. The Morgan fingerprint density at radius 1 is 0.636 bits per heavy atom. The summed E-state index contributed by atoms with van der Waals surface area (Å²) in [6, 6.07) is 0.0572. The molecule has 2 aliphatic carbocycles. The van der Waals surface area contributed by atoms with E-state index >= 15 is 0 Å². The fourth-order valence-electron chi connectivity index (χ4n) is 10.6. The molecule has 3 aliphatic heterocycles. The van der Waals surface area contributed by atoms with Crippen LogP contribution in [0.3, 0.4) is 0 Å². The number of epoxide rings is 1. The Hall–Kier alpha value is -0.440. The molecular formula is C44H82N2O9. The Bertz CT molecular complexity index is 1030. The van der Waals surface area contributed by atoms with Crippen molar-refractivity contribution in [2.24, 2.45) is 23.7 Å². The lowest BCUT2D eigenvalue weighted by Gasteiger charge is -2.40. The molecule has 0 spiro atoms. The number of aliphatic hydroxyl groups is 6. The van der Waals surface area contributed by atoms with Gasteiger partial charge in [0, 0.05) is 18.0 Å². The Balaban J connectivity index is 0.960. The largest absolute Gasteiger partial charge is 0.394 e. The Morgan fingerprint density at radius 3 is 1.84 bits per heavy atom. The summed E-state index contributed by atoms with van der Waals surface area (Å²) in [6.07, 6.45) is 24.1. The lowest BCUT2D eigenvalue weighted by Crippen LogP contribution is -2.59. The van der Waals surface area contributed by atoms with Crippen molar-refractivity contribution in [2.75, 3.05) is 13.2 Å². The second-order valence-electron chi connectivity index (χ2n) is 18.4. The lowest BCUT2D eigenvalue weighted by atomic mass is 9.85. The van der Waals surface area contributed by atoms with E-state index in [0.29, 0.717) is 18.6 Å². The highest BCUT2D eigenvalue weighted by Gasteiger charge is 2.62. The fourth-order valence-corrected chi connectivity index (χ4v) is 10.6. The molecule has 55 heavy (non-hydrogen) atoms. The lowest BCUT2D eigenvalue weighted by molar-refractivity contribution is -0.305. The van der Waals surface area contributed by atoms with Gasteiger partial charge in [-0.2, -0.15) is 0 Å². The predicted molar refractivity (Wildman–Crippen MR) is 214 cm³/mol. The van der Waals surface area contributed by atoms with Crippen LogP contribution in [0.15, 0.2) is 0 Å². The molecule has 5 rings (SSSR count). The maximum atomic E-state index is 11.5. The van der Waals surface area contributed by atoms with Gasteiger partial charge in [0.1, 0.15) is 24.4 Å². The fraction of sp³-hybridized carbons (Fsp3) is 1.00. The van der Waals surface area contributed by atoms with Gasteiger partial charge in [-0.3, -0.25) is 10.9 Å². The van der Waals surface area contributed by atoms with Crippen molar-refractivity contribution in [1.29, 1.82) is 0 Å². The number of unbranched alkanes of at least 4 members (excludes halogenated alkanes) is 18. The number of hydrazine groups is 1. The summed E-state index contributed by atoms with van der Waals surface area (Å²) in [5.74, 6) is 2.20. The zero-order valence-electron chi connectivity index (χ0n) is 34.4. The summed E-state index contributed by atoms with van der Waals surface area (Å²) in [5.41, 5.74) is 6.79. The number of nitrogens with one attached hydrogen (secondary N) is 2. The molecule has 2 bridgehead atoms. The van der Waals surface area contributed by atoms with Crippen molar-refractivity contribution in [2.45, 2.75) is 241 Å². The third kappa shape index (κ3) is 14.1. The van der Waals surface area contributed by atoms with Crippen LogP contribution in [-0.4, -0.2) is 111 Å². The number of hydrogen-bond acceptors (Lipinski definition) is 11. The minimum absolute atomic E-state index is 0.0391. The third-order valence-electron chi connectivity index (χ3n) is 14.1. The van der Waals surface area contributed by atoms with E-state index in [0.717, 1.165) is 56.3 Å². The molecular weight excluding hydrogens is 700 g/mol. The van der Waals surface area contributed by atoms with Gasteiger partial charge in [-0.25, -0.2) is 0 Å². The highest BCUT2D eigenvalue weighted by molar-refractivity contribution is 5.10. The van der Waals surface area contributed by atoms with Gasteiger partial charge in [0.2, 0.25) is 0 Å². The maximum Gasteiger partial charge on any atom is 0.186 e. The SMILES string of the molecule is CCCCCCCCCCCCCC[C@@H](O)[C@@H](O)[C@H](COC1OC(CO)C(O)C(O)C1O)C1CC(CCCCCCCCCC[C@H]2C[C@@H]3C[C@H]2[C@@H]2O[C@H]32)NN1. The molecule has 0 radical (unpaired) electrons. The molecule has 0 aromatic carbocycles. The molecule has 0 aromatic heterocycles. The van der Waals surface area contributed by atoms with Crippen molar-refractivity contribution in [3.05, 3.63) is 0 Å². The van der Waals surface area contributed by atoms with Gasteiger partial charge in [-0.05, 0) is 49.9 Å². The molecule has 0 amide bonds. The minimum Gasteiger partial charge on any atom is -0.394 e. The van der Waals surface area contributed by atoms with E-state index < -0.39 is 55.4 Å². The summed E-state index contributed by atoms with van der Waals surface area (Å²) < 4.78 is 17.4. The molecule has 5 fully saturated rings. The molecule has 322 valence electrons. The van der Waals surface area contributed by atoms with Crippen molar-refractivity contribution in [1.82, 2.24) is 10.9 Å². The Kier molecular flexibility index (Phi) is 20.4. The van der Waals surface area contributed by atoms with Gasteiger partial charge in [0.15, 0.2) is 6.29 Å². The van der Waals surface area contributed by atoms with Crippen LogP contribution >= 0.6 is 0 Å². The van der Waals surface area contributed by atoms with Crippen LogP contribution in [0.1, 0.15) is 174 Å². The first-order valence-electron chi connectivity index (χ1n) is 23.3. The van der Waals surface area contributed by atoms with E-state index in [1.165, 1.54) is 122 Å². The van der Waals surface area contributed by atoms with Gasteiger partial charge in [-0.1, -0.05) is 142 Å². The van der Waals surface area contributed by atoms with E-state index in [1.807, 2.05) is 0 Å². The van der Waals surface area contributed by atoms with Crippen LogP contribution in [0.25, 0.3) is 0 Å². The third-order valence-corrected chi connectivity index (χ3v) is 14.1. The molecule has 5 aliphatic rings. The van der Waals surface area contributed by atoms with Gasteiger partial charge < -0.3 is 44.8 Å². The topological polar surface area (TPSA) is 176 Å². The zero-order valence-corrected chi connectivity index (χ0v) is 34.4. The van der Waals surface area contributed by atoms with Crippen LogP contribution in [0.2, 0.25) is 0 Å². The molecule has 15 atom stereocenters. The standard InChI is InChI=1S/C44H82N2O9/c1-2-3-4-5-6-7-8-9-10-15-18-21-24-36(48)38(49)34(29-53-44-41(52)40(51)39(50)37(28-47)54-44)35-27-32(45-46-35)23-20-17-14-12-11-13-16-19-22-30-25-31-26-33(30)43-42(31)55-43/h30-52H,2-29H2,1H3/t30-,31+,32?,33+,34+,35?,36+,37?,38-,39?,40?,41?,42+,43-,44?/m0/s1. The summed E-state index contributed by atoms with van der Waals surface area (Å²) in [6.45, 7) is 1.67. The average Bonchev–Trinajstić information content (AvgIpc) is 3.50. The van der Waals surface area contributed by atoms with Crippen molar-refractivity contribution in [3.63, 3.8) is 0 Å². The number of ether oxygens (including phenoxy) is 3. The predicted octanol–water partition coefficient (Wildman–Crippen LogP) is 5.79. The molecule has 0 aromatic rings.